The molecule has 1 amide bonds. The van der Waals surface area contributed by atoms with Crippen LogP contribution in [-0.4, -0.2) is 30.1 Å². The minimum atomic E-state index is -0.812. The molecular weight excluding hydrogens is 232 g/mol. The van der Waals surface area contributed by atoms with E-state index >= 15 is 0 Å². The summed E-state index contributed by atoms with van der Waals surface area (Å²) in [6.45, 7) is 0. The molecule has 1 aromatic carbocycles. The van der Waals surface area contributed by atoms with Crippen molar-refractivity contribution in [1.29, 1.82) is 0 Å². The van der Waals surface area contributed by atoms with Gasteiger partial charge in [0.05, 0.1) is 18.4 Å². The van der Waals surface area contributed by atoms with Crippen LogP contribution in [0.2, 0.25) is 0 Å². The van der Waals surface area contributed by atoms with Crippen LogP contribution in [0.4, 0.5) is 11.4 Å². The second kappa shape index (κ2) is 3.73. The maximum Gasteiger partial charge on any atom is 0.308 e. The summed E-state index contributed by atoms with van der Waals surface area (Å²) >= 11 is 0. The number of hydrogen-bond donors (Lipinski definition) is 2. The lowest BCUT2D eigenvalue weighted by molar-refractivity contribution is -0.138. The van der Waals surface area contributed by atoms with E-state index in [1.165, 1.54) is 0 Å². The number of hydrogen-bond acceptors (Lipinski definition) is 3. The fraction of sp³-hybridized carbons (Fsp3) is 0.385. The molecule has 0 aromatic heterocycles. The lowest BCUT2D eigenvalue weighted by atomic mass is 10.1. The molecule has 1 aliphatic heterocycles. The van der Waals surface area contributed by atoms with Crippen molar-refractivity contribution in [3.8, 4) is 0 Å². The molecule has 0 saturated heterocycles. The van der Waals surface area contributed by atoms with E-state index in [0.29, 0.717) is 12.8 Å². The molecule has 2 atom stereocenters. The minimum Gasteiger partial charge on any atom is -0.481 e. The SMILES string of the molecule is CNc1ccc2c(c1)CC(=O)N2C1CC1C(=O)O. The predicted octanol–water partition coefficient (Wildman–Crippen LogP) is 1.09. The fourth-order valence-corrected chi connectivity index (χ4v) is 2.60. The van der Waals surface area contributed by atoms with Crippen LogP contribution >= 0.6 is 0 Å². The van der Waals surface area contributed by atoms with Gasteiger partial charge in [0.25, 0.3) is 0 Å². The Balaban J connectivity index is 1.91. The largest absolute Gasteiger partial charge is 0.481 e. The monoisotopic (exact) mass is 246 g/mol. The molecule has 94 valence electrons. The van der Waals surface area contributed by atoms with Crippen LogP contribution in [-0.2, 0) is 16.0 Å². The van der Waals surface area contributed by atoms with Crippen molar-refractivity contribution in [1.82, 2.24) is 0 Å². The molecule has 1 saturated carbocycles. The molecule has 1 aromatic rings. The smallest absolute Gasteiger partial charge is 0.308 e. The van der Waals surface area contributed by atoms with Gasteiger partial charge in [-0.05, 0) is 30.2 Å². The van der Waals surface area contributed by atoms with E-state index < -0.39 is 11.9 Å². The molecule has 5 heteroatoms. The number of carbonyl (C=O) groups excluding carboxylic acids is 1. The van der Waals surface area contributed by atoms with E-state index in [0.717, 1.165) is 16.9 Å². The number of benzene rings is 1. The Labute approximate surface area is 104 Å². The molecule has 18 heavy (non-hydrogen) atoms. The number of rotatable bonds is 3. The Bertz CT molecular complexity index is 541. The van der Waals surface area contributed by atoms with Gasteiger partial charge in [0, 0.05) is 18.4 Å². The zero-order chi connectivity index (χ0) is 12.9. The number of nitrogens with zero attached hydrogens (tertiary/aromatic N) is 1. The average molecular weight is 246 g/mol. The van der Waals surface area contributed by atoms with Gasteiger partial charge in [-0.1, -0.05) is 0 Å². The van der Waals surface area contributed by atoms with Gasteiger partial charge in [-0.15, -0.1) is 0 Å². The minimum absolute atomic E-state index is 0.00648. The van der Waals surface area contributed by atoms with Gasteiger partial charge in [-0.25, -0.2) is 0 Å². The zero-order valence-electron chi connectivity index (χ0n) is 10.0. The number of carboxylic acid groups (broad SMARTS) is 1. The van der Waals surface area contributed by atoms with Crippen molar-refractivity contribution < 1.29 is 14.7 Å². The van der Waals surface area contributed by atoms with Gasteiger partial charge in [0.2, 0.25) is 5.91 Å². The summed E-state index contributed by atoms with van der Waals surface area (Å²) in [7, 11) is 1.83. The quantitative estimate of drug-likeness (QED) is 0.837. The van der Waals surface area contributed by atoms with Crippen molar-refractivity contribution in [2.24, 2.45) is 5.92 Å². The average Bonchev–Trinajstić information content (AvgIpc) is 3.05. The third kappa shape index (κ3) is 1.54. The molecule has 5 nitrogen and oxygen atoms in total. The highest BCUT2D eigenvalue weighted by Crippen LogP contribution is 2.43. The van der Waals surface area contributed by atoms with E-state index in [4.69, 9.17) is 5.11 Å². The molecule has 1 fully saturated rings. The zero-order valence-corrected chi connectivity index (χ0v) is 10.0. The van der Waals surface area contributed by atoms with Crippen LogP contribution in [0, 0.1) is 5.92 Å². The highest BCUT2D eigenvalue weighted by atomic mass is 16.4. The van der Waals surface area contributed by atoms with Crippen LogP contribution in [0.5, 0.6) is 0 Å². The first-order valence-corrected chi connectivity index (χ1v) is 5.97. The van der Waals surface area contributed by atoms with Crippen molar-refractivity contribution in [3.63, 3.8) is 0 Å². The molecular formula is C13H14N2O3. The van der Waals surface area contributed by atoms with Crippen LogP contribution in [0.25, 0.3) is 0 Å². The number of aliphatic carboxylic acids is 1. The second-order valence-corrected chi connectivity index (χ2v) is 4.78. The standard InChI is InChI=1S/C13H14N2O3/c1-14-8-2-3-10-7(4-8)5-12(16)15(10)11-6-9(11)13(17)18/h2-4,9,11,14H,5-6H2,1H3,(H,17,18). The van der Waals surface area contributed by atoms with E-state index in [1.807, 2.05) is 25.2 Å². The Kier molecular flexibility index (Phi) is 2.29. The van der Waals surface area contributed by atoms with E-state index in [1.54, 1.807) is 4.90 Å². The second-order valence-electron chi connectivity index (χ2n) is 4.78. The molecule has 2 unspecified atom stereocenters. The summed E-state index contributed by atoms with van der Waals surface area (Å²) in [6.07, 6.45) is 0.933. The van der Waals surface area contributed by atoms with Crippen LogP contribution in [0.1, 0.15) is 12.0 Å². The first kappa shape index (κ1) is 11.1. The van der Waals surface area contributed by atoms with Crippen LogP contribution in [0.3, 0.4) is 0 Å². The lowest BCUT2D eigenvalue weighted by Crippen LogP contribution is -2.31. The highest BCUT2D eigenvalue weighted by molar-refractivity contribution is 6.03. The Morgan fingerprint density at radius 2 is 2.28 bits per heavy atom. The maximum atomic E-state index is 12.0. The summed E-state index contributed by atoms with van der Waals surface area (Å²) in [4.78, 5) is 24.6. The molecule has 3 rings (SSSR count). The highest BCUT2D eigenvalue weighted by Gasteiger charge is 2.51. The normalized spacial score (nSPS) is 24.9. The molecule has 2 N–H and O–H groups in total. The molecule has 2 aliphatic rings. The Hall–Kier alpha value is -2.04. The Morgan fingerprint density at radius 3 is 2.89 bits per heavy atom. The van der Waals surface area contributed by atoms with Gasteiger partial charge in [-0.2, -0.15) is 0 Å². The summed E-state index contributed by atoms with van der Waals surface area (Å²) < 4.78 is 0. The van der Waals surface area contributed by atoms with Crippen molar-refractivity contribution in [2.75, 3.05) is 17.3 Å². The van der Waals surface area contributed by atoms with Gasteiger partial charge >= 0.3 is 5.97 Å². The van der Waals surface area contributed by atoms with Gasteiger partial charge in [-0.3, -0.25) is 9.59 Å². The number of fused-ring (bicyclic) bond motifs is 1. The molecule has 1 aliphatic carbocycles. The van der Waals surface area contributed by atoms with E-state index in [-0.39, 0.29) is 11.9 Å². The first-order chi connectivity index (χ1) is 8.61. The fourth-order valence-electron chi connectivity index (χ4n) is 2.60. The summed E-state index contributed by atoms with van der Waals surface area (Å²) in [5, 5.41) is 12.0. The lowest BCUT2D eigenvalue weighted by Gasteiger charge is -2.17. The van der Waals surface area contributed by atoms with Crippen LogP contribution < -0.4 is 10.2 Å². The maximum absolute atomic E-state index is 12.0. The van der Waals surface area contributed by atoms with Crippen LogP contribution in [0.15, 0.2) is 18.2 Å². The summed E-state index contributed by atoms with van der Waals surface area (Å²) in [5.41, 5.74) is 2.81. The number of anilines is 2. The van der Waals surface area contributed by atoms with Gasteiger partial charge in [0.15, 0.2) is 0 Å². The Morgan fingerprint density at radius 1 is 1.50 bits per heavy atom. The van der Waals surface area contributed by atoms with Crippen molar-refractivity contribution in [3.05, 3.63) is 23.8 Å². The summed E-state index contributed by atoms with van der Waals surface area (Å²) in [6, 6.07) is 5.59. The summed E-state index contributed by atoms with van der Waals surface area (Å²) in [5.74, 6) is -1.20. The number of carboxylic acids is 1. The third-order valence-corrected chi connectivity index (χ3v) is 3.64. The van der Waals surface area contributed by atoms with Gasteiger partial charge in [0.1, 0.15) is 0 Å². The predicted molar refractivity (Wildman–Crippen MR) is 66.7 cm³/mol. The topological polar surface area (TPSA) is 69.6 Å². The number of nitrogens with one attached hydrogen (secondary N) is 1. The molecule has 1 heterocycles. The van der Waals surface area contributed by atoms with E-state index in [9.17, 15) is 9.59 Å². The third-order valence-electron chi connectivity index (χ3n) is 3.64. The molecule has 0 bridgehead atoms. The van der Waals surface area contributed by atoms with Crippen molar-refractivity contribution in [2.45, 2.75) is 18.9 Å². The molecule has 0 spiro atoms. The van der Waals surface area contributed by atoms with E-state index in [2.05, 4.69) is 5.32 Å². The number of carbonyl (C=O) groups is 2. The molecule has 0 radical (unpaired) electrons. The first-order valence-electron chi connectivity index (χ1n) is 5.97. The number of amides is 1. The van der Waals surface area contributed by atoms with Gasteiger partial charge < -0.3 is 15.3 Å². The van der Waals surface area contributed by atoms with Crippen molar-refractivity contribution >= 4 is 23.3 Å².